The number of aryl methyl sites for hydroxylation is 1. The molecule has 5 aromatic rings. The average molecular weight is 574 g/mol. The van der Waals surface area contributed by atoms with Crippen molar-refractivity contribution >= 4 is 39.8 Å². The molecular weight excluding hydrogens is 549 g/mol. The molecule has 1 aliphatic rings. The first-order chi connectivity index (χ1) is 19.7. The van der Waals surface area contributed by atoms with Gasteiger partial charge in [0.15, 0.2) is 5.60 Å². The summed E-state index contributed by atoms with van der Waals surface area (Å²) in [5.41, 5.74) is 2.45. The zero-order valence-corrected chi connectivity index (χ0v) is 22.8. The van der Waals surface area contributed by atoms with Gasteiger partial charge < -0.3 is 9.94 Å². The molecule has 4 heterocycles. The van der Waals surface area contributed by atoms with E-state index >= 15 is 0 Å². The van der Waals surface area contributed by atoms with Crippen molar-refractivity contribution in [1.82, 2.24) is 18.9 Å². The molecule has 0 spiro atoms. The standard InChI is InChI=1S/C30H25ClFN5O4/c1-30(27-28(31)36-15-5-4-6-24(36)34-27)17-23(35-41-30)18-9-14-21-22(16-18)33-25(7-2-3-8-26(38)39)37(29(21)40)20-12-10-19(32)11-13-20/h4-6,9-16H,2-3,7-8,17H2,1H3,(H,38,39)/t30-/m0/s1. The minimum absolute atomic E-state index is 0.0213. The smallest absolute Gasteiger partial charge is 0.303 e. The number of halogens is 2. The van der Waals surface area contributed by atoms with Crippen molar-refractivity contribution in [3.05, 3.63) is 105 Å². The molecule has 0 amide bonds. The van der Waals surface area contributed by atoms with Crippen molar-refractivity contribution in [2.24, 2.45) is 5.16 Å². The Hall–Kier alpha value is -4.57. The molecule has 1 atom stereocenters. The number of fused-ring (bicyclic) bond motifs is 2. The lowest BCUT2D eigenvalue weighted by molar-refractivity contribution is -0.137. The Balaban J connectivity index is 1.35. The third-order valence-electron chi connectivity index (χ3n) is 7.23. The predicted molar refractivity (Wildman–Crippen MR) is 152 cm³/mol. The largest absolute Gasteiger partial charge is 0.481 e. The molecule has 0 saturated heterocycles. The van der Waals surface area contributed by atoms with Crippen LogP contribution in [0.25, 0.3) is 22.2 Å². The number of pyridine rings is 1. The molecule has 9 nitrogen and oxygen atoms in total. The minimum atomic E-state index is -0.887. The molecule has 0 radical (unpaired) electrons. The van der Waals surface area contributed by atoms with Crippen LogP contribution in [-0.4, -0.2) is 35.7 Å². The van der Waals surface area contributed by atoms with Crippen molar-refractivity contribution in [3.8, 4) is 5.69 Å². The second kappa shape index (κ2) is 10.4. The normalized spacial score (nSPS) is 16.7. The van der Waals surface area contributed by atoms with E-state index in [0.717, 1.165) is 5.56 Å². The molecule has 0 saturated carbocycles. The number of imidazole rings is 1. The highest BCUT2D eigenvalue weighted by atomic mass is 35.5. The zero-order valence-electron chi connectivity index (χ0n) is 22.1. The van der Waals surface area contributed by atoms with Crippen molar-refractivity contribution in [2.45, 2.75) is 44.6 Å². The van der Waals surface area contributed by atoms with E-state index in [9.17, 15) is 14.0 Å². The molecule has 41 heavy (non-hydrogen) atoms. The Morgan fingerprint density at radius 2 is 1.93 bits per heavy atom. The Labute approximate surface area is 238 Å². The van der Waals surface area contributed by atoms with E-state index in [2.05, 4.69) is 10.1 Å². The molecule has 2 aromatic carbocycles. The van der Waals surface area contributed by atoms with Gasteiger partial charge in [0.05, 0.1) is 22.3 Å². The first-order valence-electron chi connectivity index (χ1n) is 13.2. The molecule has 1 aliphatic heterocycles. The summed E-state index contributed by atoms with van der Waals surface area (Å²) in [7, 11) is 0. The number of hydrogen-bond donors (Lipinski definition) is 1. The molecule has 0 fully saturated rings. The van der Waals surface area contributed by atoms with Gasteiger partial charge in [0, 0.05) is 31.0 Å². The molecule has 6 rings (SSSR count). The van der Waals surface area contributed by atoms with Gasteiger partial charge in [-0.15, -0.1) is 0 Å². The first kappa shape index (κ1) is 26.6. The van der Waals surface area contributed by atoms with Crippen molar-refractivity contribution in [2.75, 3.05) is 0 Å². The molecule has 0 unspecified atom stereocenters. The second-order valence-corrected chi connectivity index (χ2v) is 10.6. The number of nitrogens with zero attached hydrogens (tertiary/aromatic N) is 5. The summed E-state index contributed by atoms with van der Waals surface area (Å²) in [6.07, 6.45) is 3.58. The number of carbonyl (C=O) groups is 1. The number of aliphatic carboxylic acids is 1. The summed E-state index contributed by atoms with van der Waals surface area (Å²) in [4.78, 5) is 40.0. The van der Waals surface area contributed by atoms with E-state index in [1.165, 1.54) is 28.8 Å². The summed E-state index contributed by atoms with van der Waals surface area (Å²) >= 11 is 6.65. The lowest BCUT2D eigenvalue weighted by Crippen LogP contribution is -2.24. The number of aromatic nitrogens is 4. The van der Waals surface area contributed by atoms with Gasteiger partial charge in [-0.1, -0.05) is 28.9 Å². The van der Waals surface area contributed by atoms with E-state index in [4.69, 9.17) is 26.5 Å². The Morgan fingerprint density at radius 3 is 2.68 bits per heavy atom. The van der Waals surface area contributed by atoms with Crippen LogP contribution < -0.4 is 5.56 Å². The number of oxime groups is 1. The third kappa shape index (κ3) is 4.95. The lowest BCUT2D eigenvalue weighted by atomic mass is 9.93. The highest BCUT2D eigenvalue weighted by Crippen LogP contribution is 2.39. The molecule has 1 N–H and O–H groups in total. The van der Waals surface area contributed by atoms with Gasteiger partial charge in [-0.2, -0.15) is 0 Å². The van der Waals surface area contributed by atoms with Crippen molar-refractivity contribution < 1.29 is 19.1 Å². The number of rotatable bonds is 8. The van der Waals surface area contributed by atoms with Crippen LogP contribution in [-0.2, 0) is 21.7 Å². The van der Waals surface area contributed by atoms with Crippen LogP contribution in [0.15, 0.2) is 76.8 Å². The number of benzene rings is 2. The van der Waals surface area contributed by atoms with Crippen LogP contribution >= 0.6 is 11.6 Å². The zero-order chi connectivity index (χ0) is 28.7. The van der Waals surface area contributed by atoms with Gasteiger partial charge in [0.2, 0.25) is 0 Å². The Kier molecular flexibility index (Phi) is 6.78. The van der Waals surface area contributed by atoms with Crippen LogP contribution in [0.3, 0.4) is 0 Å². The summed E-state index contributed by atoms with van der Waals surface area (Å²) in [6, 6.07) is 16.5. The number of carboxylic acids is 1. The maximum Gasteiger partial charge on any atom is 0.303 e. The average Bonchev–Trinajstić information content (AvgIpc) is 3.53. The Morgan fingerprint density at radius 1 is 1.12 bits per heavy atom. The number of hydrogen-bond acceptors (Lipinski definition) is 6. The Bertz CT molecular complexity index is 1900. The van der Waals surface area contributed by atoms with Gasteiger partial charge in [-0.25, -0.2) is 14.4 Å². The van der Waals surface area contributed by atoms with E-state index in [1.807, 2.05) is 31.3 Å². The van der Waals surface area contributed by atoms with E-state index in [-0.39, 0.29) is 12.0 Å². The van der Waals surface area contributed by atoms with Gasteiger partial charge in [-0.3, -0.25) is 18.6 Å². The number of carboxylic acid groups (broad SMARTS) is 1. The van der Waals surface area contributed by atoms with Gasteiger partial charge >= 0.3 is 5.97 Å². The summed E-state index contributed by atoms with van der Waals surface area (Å²) in [6.45, 7) is 1.88. The molecule has 11 heteroatoms. The second-order valence-electron chi connectivity index (χ2n) is 10.2. The van der Waals surface area contributed by atoms with Crippen molar-refractivity contribution in [3.63, 3.8) is 0 Å². The summed E-state index contributed by atoms with van der Waals surface area (Å²) in [5, 5.41) is 14.2. The topological polar surface area (TPSA) is 111 Å². The van der Waals surface area contributed by atoms with E-state index in [1.54, 1.807) is 22.6 Å². The molecule has 3 aromatic heterocycles. The van der Waals surface area contributed by atoms with E-state index in [0.29, 0.717) is 70.3 Å². The summed E-state index contributed by atoms with van der Waals surface area (Å²) < 4.78 is 16.9. The molecule has 208 valence electrons. The summed E-state index contributed by atoms with van der Waals surface area (Å²) in [5.74, 6) is -0.837. The first-order valence-corrected chi connectivity index (χ1v) is 13.5. The molecule has 0 aliphatic carbocycles. The quantitative estimate of drug-likeness (QED) is 0.240. The SMILES string of the molecule is C[C@@]1(c2nc3ccccn3c2Cl)CC(c2ccc3c(=O)n(-c4ccc(F)cc4)c(CCCCC(=O)O)nc3c2)=NO1. The van der Waals surface area contributed by atoms with Crippen molar-refractivity contribution in [1.29, 1.82) is 0 Å². The highest BCUT2D eigenvalue weighted by Gasteiger charge is 2.41. The monoisotopic (exact) mass is 573 g/mol. The lowest BCUT2D eigenvalue weighted by Gasteiger charge is -2.19. The van der Waals surface area contributed by atoms with Gasteiger partial charge in [0.1, 0.15) is 28.1 Å². The molecule has 0 bridgehead atoms. The van der Waals surface area contributed by atoms with Gasteiger partial charge in [0.25, 0.3) is 5.56 Å². The van der Waals surface area contributed by atoms with Crippen LogP contribution in [0.1, 0.15) is 49.7 Å². The van der Waals surface area contributed by atoms with Crippen LogP contribution in [0.4, 0.5) is 4.39 Å². The van der Waals surface area contributed by atoms with Crippen LogP contribution in [0, 0.1) is 5.82 Å². The fraction of sp³-hybridized carbons (Fsp3) is 0.233. The molecular formula is C30H25ClFN5O4. The maximum atomic E-state index is 13.7. The third-order valence-corrected chi connectivity index (χ3v) is 7.59. The number of unbranched alkanes of at least 4 members (excludes halogenated alkanes) is 1. The minimum Gasteiger partial charge on any atom is -0.481 e. The fourth-order valence-corrected chi connectivity index (χ4v) is 5.50. The van der Waals surface area contributed by atoms with E-state index < -0.39 is 17.4 Å². The van der Waals surface area contributed by atoms with Crippen LogP contribution in [0.5, 0.6) is 0 Å². The van der Waals surface area contributed by atoms with Crippen LogP contribution in [0.2, 0.25) is 5.15 Å². The predicted octanol–water partition coefficient (Wildman–Crippen LogP) is 5.66. The fourth-order valence-electron chi connectivity index (χ4n) is 5.12. The maximum absolute atomic E-state index is 13.7. The highest BCUT2D eigenvalue weighted by molar-refractivity contribution is 6.30. The van der Waals surface area contributed by atoms with Gasteiger partial charge in [-0.05, 0) is 68.3 Å².